The lowest BCUT2D eigenvalue weighted by Crippen LogP contribution is -2.04. The SMILES string of the molecule is CCOC(=O)c1ccc(-c2ccc(OCCCCCOc3ccc(-c4ccc(C(=O)OCC)cc4)cc3)cc2)cc1. The topological polar surface area (TPSA) is 71.1 Å². The van der Waals surface area contributed by atoms with Crippen molar-refractivity contribution in [3.05, 3.63) is 108 Å². The van der Waals surface area contributed by atoms with E-state index in [-0.39, 0.29) is 11.9 Å². The maximum Gasteiger partial charge on any atom is 0.338 e. The van der Waals surface area contributed by atoms with Crippen LogP contribution in [0.2, 0.25) is 0 Å². The predicted octanol–water partition coefficient (Wildman–Crippen LogP) is 8.00. The monoisotopic (exact) mass is 552 g/mol. The molecule has 0 amide bonds. The Labute approximate surface area is 241 Å². The van der Waals surface area contributed by atoms with Crippen LogP contribution in [0.3, 0.4) is 0 Å². The second-order valence-electron chi connectivity index (χ2n) is 9.40. The van der Waals surface area contributed by atoms with Crippen molar-refractivity contribution in [3.8, 4) is 33.8 Å². The van der Waals surface area contributed by atoms with Crippen LogP contribution in [-0.2, 0) is 9.47 Å². The van der Waals surface area contributed by atoms with Gasteiger partial charge in [-0.25, -0.2) is 9.59 Å². The summed E-state index contributed by atoms with van der Waals surface area (Å²) in [5, 5.41) is 0. The van der Waals surface area contributed by atoms with Gasteiger partial charge in [-0.15, -0.1) is 0 Å². The Balaban J connectivity index is 1.12. The number of carbonyl (C=O) groups is 2. The van der Waals surface area contributed by atoms with Gasteiger partial charge in [-0.2, -0.15) is 0 Å². The van der Waals surface area contributed by atoms with E-state index in [1.807, 2.05) is 72.8 Å². The molecule has 0 aromatic heterocycles. The predicted molar refractivity (Wildman–Crippen MR) is 161 cm³/mol. The molecule has 6 heteroatoms. The number of benzene rings is 4. The first-order chi connectivity index (χ1) is 20.1. The number of hydrogen-bond acceptors (Lipinski definition) is 6. The van der Waals surface area contributed by atoms with Crippen molar-refractivity contribution in [1.82, 2.24) is 0 Å². The molecule has 4 rings (SSSR count). The van der Waals surface area contributed by atoms with Crippen LogP contribution in [-0.4, -0.2) is 38.4 Å². The third-order valence-corrected chi connectivity index (χ3v) is 6.49. The summed E-state index contributed by atoms with van der Waals surface area (Å²) < 4.78 is 21.9. The van der Waals surface area contributed by atoms with E-state index in [2.05, 4.69) is 0 Å². The molecule has 0 atom stereocenters. The molecule has 0 aliphatic heterocycles. The van der Waals surface area contributed by atoms with Gasteiger partial charge in [0.2, 0.25) is 0 Å². The standard InChI is InChI=1S/C35H36O6/c1-3-38-34(36)30-12-8-26(9-13-30)28-16-20-32(21-17-28)40-24-6-5-7-25-41-33-22-18-29(19-23-33)27-10-14-31(15-11-27)35(37)39-4-2/h8-23H,3-7,24-25H2,1-2H3. The summed E-state index contributed by atoms with van der Waals surface area (Å²) in [5.41, 5.74) is 5.28. The highest BCUT2D eigenvalue weighted by Crippen LogP contribution is 2.25. The van der Waals surface area contributed by atoms with E-state index in [1.165, 1.54) is 0 Å². The summed E-state index contributed by atoms with van der Waals surface area (Å²) in [5.74, 6) is 1.06. The summed E-state index contributed by atoms with van der Waals surface area (Å²) in [7, 11) is 0. The molecule has 0 saturated heterocycles. The Kier molecular flexibility index (Phi) is 11.0. The van der Waals surface area contributed by atoms with Crippen LogP contribution in [0.5, 0.6) is 11.5 Å². The molecule has 0 fully saturated rings. The van der Waals surface area contributed by atoms with Crippen LogP contribution >= 0.6 is 0 Å². The molecule has 0 N–H and O–H groups in total. The van der Waals surface area contributed by atoms with Crippen LogP contribution < -0.4 is 9.47 Å². The zero-order valence-corrected chi connectivity index (χ0v) is 23.6. The van der Waals surface area contributed by atoms with E-state index in [1.54, 1.807) is 38.1 Å². The highest BCUT2D eigenvalue weighted by Gasteiger charge is 2.08. The minimum absolute atomic E-state index is 0.305. The van der Waals surface area contributed by atoms with Crippen molar-refractivity contribution in [2.75, 3.05) is 26.4 Å². The molecule has 0 aliphatic carbocycles. The van der Waals surface area contributed by atoms with Gasteiger partial charge in [-0.1, -0.05) is 48.5 Å². The van der Waals surface area contributed by atoms with Crippen molar-refractivity contribution in [1.29, 1.82) is 0 Å². The van der Waals surface area contributed by atoms with E-state index >= 15 is 0 Å². The summed E-state index contributed by atoms with van der Waals surface area (Å²) in [6.45, 7) is 5.62. The van der Waals surface area contributed by atoms with Gasteiger partial charge >= 0.3 is 11.9 Å². The molecule has 4 aromatic rings. The van der Waals surface area contributed by atoms with Crippen LogP contribution in [0.25, 0.3) is 22.3 Å². The minimum Gasteiger partial charge on any atom is -0.494 e. The third-order valence-electron chi connectivity index (χ3n) is 6.49. The lowest BCUT2D eigenvalue weighted by Gasteiger charge is -2.09. The second-order valence-corrected chi connectivity index (χ2v) is 9.40. The molecule has 0 spiro atoms. The quantitative estimate of drug-likeness (QED) is 0.117. The summed E-state index contributed by atoms with van der Waals surface area (Å²) in [6, 6.07) is 30.8. The summed E-state index contributed by atoms with van der Waals surface area (Å²) >= 11 is 0. The lowest BCUT2D eigenvalue weighted by atomic mass is 10.0. The molecule has 0 radical (unpaired) electrons. The van der Waals surface area contributed by atoms with Gasteiger partial charge in [-0.3, -0.25) is 0 Å². The van der Waals surface area contributed by atoms with Gasteiger partial charge in [0.05, 0.1) is 37.6 Å². The minimum atomic E-state index is -0.305. The Morgan fingerprint density at radius 1 is 0.463 bits per heavy atom. The molecule has 0 unspecified atom stereocenters. The van der Waals surface area contributed by atoms with Gasteiger partial charge in [0.1, 0.15) is 11.5 Å². The van der Waals surface area contributed by atoms with E-state index in [4.69, 9.17) is 18.9 Å². The Morgan fingerprint density at radius 3 is 1.10 bits per heavy atom. The average Bonchev–Trinajstić information content (AvgIpc) is 3.01. The van der Waals surface area contributed by atoms with Gasteiger partial charge < -0.3 is 18.9 Å². The lowest BCUT2D eigenvalue weighted by molar-refractivity contribution is 0.0517. The van der Waals surface area contributed by atoms with Gasteiger partial charge in [0, 0.05) is 0 Å². The molecule has 212 valence electrons. The largest absolute Gasteiger partial charge is 0.494 e. The number of carbonyl (C=O) groups excluding carboxylic acids is 2. The fourth-order valence-corrected chi connectivity index (χ4v) is 4.27. The first kappa shape index (κ1) is 29.4. The van der Waals surface area contributed by atoms with E-state index in [0.29, 0.717) is 37.6 Å². The van der Waals surface area contributed by atoms with Crippen LogP contribution in [0, 0.1) is 0 Å². The molecule has 41 heavy (non-hydrogen) atoms. The van der Waals surface area contributed by atoms with Crippen molar-refractivity contribution in [3.63, 3.8) is 0 Å². The second kappa shape index (κ2) is 15.3. The molecule has 0 heterocycles. The first-order valence-corrected chi connectivity index (χ1v) is 14.1. The number of rotatable bonds is 14. The number of ether oxygens (including phenoxy) is 4. The van der Waals surface area contributed by atoms with Crippen molar-refractivity contribution >= 4 is 11.9 Å². The molecule has 0 saturated carbocycles. The van der Waals surface area contributed by atoms with Crippen molar-refractivity contribution in [2.45, 2.75) is 33.1 Å². The fraction of sp³-hybridized carbons (Fsp3) is 0.257. The maximum absolute atomic E-state index is 11.8. The number of hydrogen-bond donors (Lipinski definition) is 0. The summed E-state index contributed by atoms with van der Waals surface area (Å²) in [6.07, 6.45) is 2.90. The van der Waals surface area contributed by atoms with Crippen LogP contribution in [0.4, 0.5) is 0 Å². The van der Waals surface area contributed by atoms with Crippen molar-refractivity contribution in [2.24, 2.45) is 0 Å². The third kappa shape index (κ3) is 8.70. The zero-order chi connectivity index (χ0) is 28.9. The van der Waals surface area contributed by atoms with Gasteiger partial charge in [0.25, 0.3) is 0 Å². The average molecular weight is 553 g/mol. The van der Waals surface area contributed by atoms with E-state index in [0.717, 1.165) is 53.0 Å². The van der Waals surface area contributed by atoms with Crippen LogP contribution in [0.1, 0.15) is 53.8 Å². The normalized spacial score (nSPS) is 10.6. The Bertz CT molecular complexity index is 1270. The highest BCUT2D eigenvalue weighted by molar-refractivity contribution is 5.90. The molecular weight excluding hydrogens is 516 g/mol. The molecule has 4 aromatic carbocycles. The zero-order valence-electron chi connectivity index (χ0n) is 23.6. The first-order valence-electron chi connectivity index (χ1n) is 14.1. The number of unbranched alkanes of at least 4 members (excludes halogenated alkanes) is 2. The molecule has 0 aliphatic rings. The molecular formula is C35H36O6. The van der Waals surface area contributed by atoms with Crippen LogP contribution in [0.15, 0.2) is 97.1 Å². The molecule has 6 nitrogen and oxygen atoms in total. The highest BCUT2D eigenvalue weighted by atomic mass is 16.5. The Hall–Kier alpha value is -4.58. The smallest absolute Gasteiger partial charge is 0.338 e. The van der Waals surface area contributed by atoms with E-state index in [9.17, 15) is 9.59 Å². The van der Waals surface area contributed by atoms with Gasteiger partial charge in [0.15, 0.2) is 0 Å². The molecule has 0 bridgehead atoms. The van der Waals surface area contributed by atoms with E-state index < -0.39 is 0 Å². The van der Waals surface area contributed by atoms with Crippen molar-refractivity contribution < 1.29 is 28.5 Å². The fourth-order valence-electron chi connectivity index (χ4n) is 4.27. The maximum atomic E-state index is 11.8. The van der Waals surface area contributed by atoms with Gasteiger partial charge in [-0.05, 0) is 104 Å². The Morgan fingerprint density at radius 2 is 0.780 bits per heavy atom. The number of esters is 2. The summed E-state index contributed by atoms with van der Waals surface area (Å²) in [4.78, 5) is 23.6.